The Kier molecular flexibility index (Phi) is 4.74. The van der Waals surface area contributed by atoms with E-state index in [-0.39, 0.29) is 18.5 Å². The van der Waals surface area contributed by atoms with Crippen molar-refractivity contribution in [2.45, 2.75) is 39.8 Å². The van der Waals surface area contributed by atoms with Crippen molar-refractivity contribution in [3.63, 3.8) is 0 Å². The van der Waals surface area contributed by atoms with Gasteiger partial charge in [0.1, 0.15) is 11.6 Å². The van der Waals surface area contributed by atoms with Crippen LogP contribution in [0.1, 0.15) is 32.8 Å². The number of hydrogen-bond donors (Lipinski definition) is 1. The highest BCUT2D eigenvalue weighted by Gasteiger charge is 2.12. The predicted molar refractivity (Wildman–Crippen MR) is 63.8 cm³/mol. The third-order valence-electron chi connectivity index (χ3n) is 2.41. The Morgan fingerprint density at radius 3 is 2.56 bits per heavy atom. The SMILES string of the molecule is CC(C)CC(C)Oc1cccc(F)c1CN. The zero-order valence-corrected chi connectivity index (χ0v) is 10.2. The Hall–Kier alpha value is -1.09. The molecule has 1 unspecified atom stereocenters. The topological polar surface area (TPSA) is 35.2 Å². The summed E-state index contributed by atoms with van der Waals surface area (Å²) in [4.78, 5) is 0. The summed E-state index contributed by atoms with van der Waals surface area (Å²) in [5.41, 5.74) is 5.97. The van der Waals surface area contributed by atoms with E-state index in [1.807, 2.05) is 6.92 Å². The second-order valence-electron chi connectivity index (χ2n) is 4.48. The molecule has 2 N–H and O–H groups in total. The van der Waals surface area contributed by atoms with Crippen LogP contribution in [0.5, 0.6) is 5.75 Å². The van der Waals surface area contributed by atoms with E-state index in [0.29, 0.717) is 17.2 Å². The van der Waals surface area contributed by atoms with E-state index in [9.17, 15) is 4.39 Å². The molecule has 0 aliphatic heterocycles. The molecule has 2 nitrogen and oxygen atoms in total. The Bertz CT molecular complexity index is 339. The average Bonchev–Trinajstić information content (AvgIpc) is 2.16. The van der Waals surface area contributed by atoms with Crippen LogP contribution in [-0.4, -0.2) is 6.10 Å². The van der Waals surface area contributed by atoms with Crippen molar-refractivity contribution in [2.24, 2.45) is 11.7 Å². The van der Waals surface area contributed by atoms with Crippen molar-refractivity contribution < 1.29 is 9.13 Å². The molecule has 0 bridgehead atoms. The van der Waals surface area contributed by atoms with Crippen LogP contribution < -0.4 is 10.5 Å². The van der Waals surface area contributed by atoms with E-state index >= 15 is 0 Å². The Morgan fingerprint density at radius 2 is 2.00 bits per heavy atom. The van der Waals surface area contributed by atoms with Crippen molar-refractivity contribution >= 4 is 0 Å². The molecule has 1 aromatic carbocycles. The fraction of sp³-hybridized carbons (Fsp3) is 0.538. The maximum Gasteiger partial charge on any atom is 0.131 e. The number of benzene rings is 1. The lowest BCUT2D eigenvalue weighted by Crippen LogP contribution is -2.16. The zero-order valence-electron chi connectivity index (χ0n) is 10.2. The highest BCUT2D eigenvalue weighted by Crippen LogP contribution is 2.23. The van der Waals surface area contributed by atoms with Gasteiger partial charge in [-0.15, -0.1) is 0 Å². The molecule has 1 aromatic rings. The van der Waals surface area contributed by atoms with E-state index in [4.69, 9.17) is 10.5 Å². The Labute approximate surface area is 96.6 Å². The summed E-state index contributed by atoms with van der Waals surface area (Å²) in [6.07, 6.45) is 1.02. The maximum absolute atomic E-state index is 13.4. The normalized spacial score (nSPS) is 12.9. The van der Waals surface area contributed by atoms with Crippen molar-refractivity contribution in [3.8, 4) is 5.75 Å². The maximum atomic E-state index is 13.4. The zero-order chi connectivity index (χ0) is 12.1. The second kappa shape index (κ2) is 5.85. The number of hydrogen-bond acceptors (Lipinski definition) is 2. The molecule has 90 valence electrons. The van der Waals surface area contributed by atoms with E-state index in [2.05, 4.69) is 13.8 Å². The number of rotatable bonds is 5. The molecule has 0 aliphatic carbocycles. The summed E-state index contributed by atoms with van der Waals surface area (Å²) in [6.45, 7) is 6.42. The molecule has 0 saturated carbocycles. The average molecular weight is 225 g/mol. The monoisotopic (exact) mass is 225 g/mol. The molecule has 1 rings (SSSR count). The molecule has 3 heteroatoms. The first-order valence-corrected chi connectivity index (χ1v) is 5.68. The number of nitrogens with two attached hydrogens (primary N) is 1. The Morgan fingerprint density at radius 1 is 1.31 bits per heavy atom. The molecule has 0 aromatic heterocycles. The first-order chi connectivity index (χ1) is 7.54. The van der Waals surface area contributed by atoms with Gasteiger partial charge in [0.25, 0.3) is 0 Å². The van der Waals surface area contributed by atoms with Gasteiger partial charge in [0.05, 0.1) is 6.10 Å². The molecular weight excluding hydrogens is 205 g/mol. The van der Waals surface area contributed by atoms with E-state index in [1.165, 1.54) is 6.07 Å². The van der Waals surface area contributed by atoms with Gasteiger partial charge in [-0.3, -0.25) is 0 Å². The fourth-order valence-electron chi connectivity index (χ4n) is 1.78. The first kappa shape index (κ1) is 13.0. The van der Waals surface area contributed by atoms with Crippen molar-refractivity contribution in [2.75, 3.05) is 0 Å². The standard InChI is InChI=1S/C13H20FNO/c1-9(2)7-10(3)16-13-6-4-5-12(14)11(13)8-15/h4-6,9-10H,7-8,15H2,1-3H3. The van der Waals surface area contributed by atoms with Gasteiger partial charge in [0.15, 0.2) is 0 Å². The van der Waals surface area contributed by atoms with Crippen LogP contribution in [0.4, 0.5) is 4.39 Å². The highest BCUT2D eigenvalue weighted by molar-refractivity contribution is 5.34. The number of halogens is 1. The lowest BCUT2D eigenvalue weighted by Gasteiger charge is -2.18. The first-order valence-electron chi connectivity index (χ1n) is 5.68. The quantitative estimate of drug-likeness (QED) is 0.835. The highest BCUT2D eigenvalue weighted by atomic mass is 19.1. The predicted octanol–water partition coefficient (Wildman–Crippen LogP) is 3.10. The second-order valence-corrected chi connectivity index (χ2v) is 4.48. The van der Waals surface area contributed by atoms with Crippen LogP contribution in [0, 0.1) is 11.7 Å². The van der Waals surface area contributed by atoms with Crippen LogP contribution in [-0.2, 0) is 6.54 Å². The summed E-state index contributed by atoms with van der Waals surface area (Å²) in [5.74, 6) is 0.831. The van der Waals surface area contributed by atoms with Gasteiger partial charge >= 0.3 is 0 Å². The van der Waals surface area contributed by atoms with Gasteiger partial charge in [0.2, 0.25) is 0 Å². The lowest BCUT2D eigenvalue weighted by atomic mass is 10.1. The van der Waals surface area contributed by atoms with Gasteiger partial charge in [-0.25, -0.2) is 4.39 Å². The van der Waals surface area contributed by atoms with Crippen molar-refractivity contribution in [1.29, 1.82) is 0 Å². The molecule has 16 heavy (non-hydrogen) atoms. The van der Waals surface area contributed by atoms with Crippen LogP contribution in [0.25, 0.3) is 0 Å². The van der Waals surface area contributed by atoms with Crippen LogP contribution in [0.15, 0.2) is 18.2 Å². The van der Waals surface area contributed by atoms with Gasteiger partial charge < -0.3 is 10.5 Å². The molecule has 0 radical (unpaired) electrons. The van der Waals surface area contributed by atoms with Gasteiger partial charge in [-0.1, -0.05) is 19.9 Å². The minimum absolute atomic E-state index is 0.0760. The smallest absolute Gasteiger partial charge is 0.131 e. The van der Waals surface area contributed by atoms with Crippen LogP contribution >= 0.6 is 0 Å². The Balaban J connectivity index is 2.76. The number of ether oxygens (including phenoxy) is 1. The molecule has 0 amide bonds. The molecule has 1 atom stereocenters. The third kappa shape index (κ3) is 3.49. The van der Waals surface area contributed by atoms with E-state index in [1.54, 1.807) is 12.1 Å². The van der Waals surface area contributed by atoms with E-state index < -0.39 is 0 Å². The summed E-state index contributed by atoms with van der Waals surface area (Å²) >= 11 is 0. The summed E-state index contributed by atoms with van der Waals surface area (Å²) < 4.78 is 19.1. The summed E-state index contributed by atoms with van der Waals surface area (Å²) in [6, 6.07) is 4.82. The molecule has 0 heterocycles. The largest absolute Gasteiger partial charge is 0.490 e. The van der Waals surface area contributed by atoms with Gasteiger partial charge in [0, 0.05) is 12.1 Å². The molecule has 0 aliphatic rings. The van der Waals surface area contributed by atoms with Crippen LogP contribution in [0.3, 0.4) is 0 Å². The minimum Gasteiger partial charge on any atom is -0.490 e. The van der Waals surface area contributed by atoms with Crippen LogP contribution in [0.2, 0.25) is 0 Å². The third-order valence-corrected chi connectivity index (χ3v) is 2.41. The lowest BCUT2D eigenvalue weighted by molar-refractivity contribution is 0.190. The van der Waals surface area contributed by atoms with Crippen molar-refractivity contribution in [1.82, 2.24) is 0 Å². The van der Waals surface area contributed by atoms with Gasteiger partial charge in [-0.05, 0) is 31.4 Å². The molecular formula is C13H20FNO. The van der Waals surface area contributed by atoms with E-state index in [0.717, 1.165) is 6.42 Å². The molecule has 0 fully saturated rings. The molecule has 0 spiro atoms. The summed E-state index contributed by atoms with van der Waals surface area (Å²) in [5, 5.41) is 0. The minimum atomic E-state index is -0.295. The van der Waals surface area contributed by atoms with Crippen molar-refractivity contribution in [3.05, 3.63) is 29.6 Å². The fourth-order valence-corrected chi connectivity index (χ4v) is 1.78. The molecule has 0 saturated heterocycles. The van der Waals surface area contributed by atoms with Gasteiger partial charge in [-0.2, -0.15) is 0 Å². The summed E-state index contributed by atoms with van der Waals surface area (Å²) in [7, 11) is 0.